The van der Waals surface area contributed by atoms with E-state index in [9.17, 15) is 8.78 Å². The Morgan fingerprint density at radius 1 is 0.957 bits per heavy atom. The summed E-state index contributed by atoms with van der Waals surface area (Å²) in [7, 11) is 0. The quantitative estimate of drug-likeness (QED) is 0.604. The van der Waals surface area contributed by atoms with Gasteiger partial charge in [0.25, 0.3) is 0 Å². The number of nitrogens with one attached hydrogen (secondary N) is 1. The van der Waals surface area contributed by atoms with Gasteiger partial charge in [-0.05, 0) is 42.5 Å². The van der Waals surface area contributed by atoms with E-state index in [2.05, 4.69) is 20.5 Å². The summed E-state index contributed by atoms with van der Waals surface area (Å²) in [6, 6.07) is 10.2. The third-order valence-corrected chi connectivity index (χ3v) is 4.01. The lowest BCUT2D eigenvalue weighted by atomic mass is 10.2. The van der Waals surface area contributed by atoms with Crippen LogP contribution in [0.25, 0.3) is 21.7 Å². The first-order valence-electron chi connectivity index (χ1n) is 6.60. The van der Waals surface area contributed by atoms with Crippen molar-refractivity contribution < 1.29 is 13.2 Å². The van der Waals surface area contributed by atoms with Gasteiger partial charge in [0, 0.05) is 5.56 Å². The van der Waals surface area contributed by atoms with Gasteiger partial charge in [-0.25, -0.2) is 13.8 Å². The smallest absolute Gasteiger partial charge is 0.322 e. The fraction of sp³-hybridized carbons (Fsp3) is 0. The van der Waals surface area contributed by atoms with Gasteiger partial charge in [0.05, 0.1) is 10.2 Å². The molecule has 0 bridgehead atoms. The maximum absolute atomic E-state index is 13.2. The number of hydrogen-bond donors (Lipinski definition) is 1. The van der Waals surface area contributed by atoms with Crippen molar-refractivity contribution in [1.82, 2.24) is 15.2 Å². The van der Waals surface area contributed by atoms with Crippen LogP contribution in [0.2, 0.25) is 0 Å². The number of halogens is 2. The van der Waals surface area contributed by atoms with Gasteiger partial charge in [0.1, 0.15) is 11.6 Å². The Hall–Kier alpha value is -2.87. The second kappa shape index (κ2) is 5.40. The van der Waals surface area contributed by atoms with Crippen molar-refractivity contribution in [3.8, 4) is 11.5 Å². The van der Waals surface area contributed by atoms with Crippen LogP contribution in [-0.4, -0.2) is 15.2 Å². The molecule has 0 amide bonds. The maximum Gasteiger partial charge on any atom is 0.322 e. The van der Waals surface area contributed by atoms with Crippen LogP contribution in [0.15, 0.2) is 46.9 Å². The average molecular weight is 330 g/mol. The molecule has 0 spiro atoms. The number of anilines is 2. The molecule has 0 unspecified atom stereocenters. The standard InChI is InChI=1S/C15H8F2N4OS/c16-9-3-1-8(2-4-9)13-20-21-14(22-13)19-15-18-11-6-5-10(17)7-12(11)23-15/h1-7H,(H,18,19,21). The summed E-state index contributed by atoms with van der Waals surface area (Å²) in [4.78, 5) is 4.31. The van der Waals surface area contributed by atoms with Crippen molar-refractivity contribution in [3.63, 3.8) is 0 Å². The van der Waals surface area contributed by atoms with Gasteiger partial charge in [-0.3, -0.25) is 5.32 Å². The SMILES string of the molecule is Fc1ccc(-c2nnc(Nc3nc4ccc(F)cc4s3)o2)cc1. The largest absolute Gasteiger partial charge is 0.403 e. The summed E-state index contributed by atoms with van der Waals surface area (Å²) >= 11 is 1.27. The normalized spacial score (nSPS) is 11.0. The molecule has 2 aromatic heterocycles. The third kappa shape index (κ3) is 2.76. The molecule has 0 saturated carbocycles. The van der Waals surface area contributed by atoms with Gasteiger partial charge in [0.15, 0.2) is 5.13 Å². The first-order valence-corrected chi connectivity index (χ1v) is 7.41. The van der Waals surface area contributed by atoms with E-state index >= 15 is 0 Å². The van der Waals surface area contributed by atoms with E-state index in [1.807, 2.05) is 0 Å². The molecule has 0 aliphatic heterocycles. The summed E-state index contributed by atoms with van der Waals surface area (Å²) in [5.41, 5.74) is 1.29. The predicted octanol–water partition coefficient (Wildman–Crippen LogP) is 4.37. The highest BCUT2D eigenvalue weighted by Gasteiger charge is 2.11. The van der Waals surface area contributed by atoms with Crippen LogP contribution in [0.3, 0.4) is 0 Å². The van der Waals surface area contributed by atoms with E-state index in [0.717, 1.165) is 0 Å². The molecule has 23 heavy (non-hydrogen) atoms. The molecule has 0 atom stereocenters. The zero-order valence-corrected chi connectivity index (χ0v) is 12.3. The van der Waals surface area contributed by atoms with Crippen LogP contribution in [-0.2, 0) is 0 Å². The van der Waals surface area contributed by atoms with Gasteiger partial charge in [0.2, 0.25) is 5.89 Å². The van der Waals surface area contributed by atoms with Crippen molar-refractivity contribution >= 4 is 32.7 Å². The van der Waals surface area contributed by atoms with Gasteiger partial charge in [-0.15, -0.1) is 5.10 Å². The second-order valence-corrected chi connectivity index (χ2v) is 5.71. The average Bonchev–Trinajstić information content (AvgIpc) is 3.14. The van der Waals surface area contributed by atoms with E-state index in [4.69, 9.17) is 4.42 Å². The summed E-state index contributed by atoms with van der Waals surface area (Å²) < 4.78 is 32.3. The molecule has 0 saturated heterocycles. The highest BCUT2D eigenvalue weighted by Crippen LogP contribution is 2.29. The molecule has 0 radical (unpaired) electrons. The number of thiazole rings is 1. The van der Waals surface area contributed by atoms with Crippen LogP contribution in [0.5, 0.6) is 0 Å². The van der Waals surface area contributed by atoms with Crippen molar-refractivity contribution in [3.05, 3.63) is 54.1 Å². The number of fused-ring (bicyclic) bond motifs is 1. The fourth-order valence-electron chi connectivity index (χ4n) is 2.03. The van der Waals surface area contributed by atoms with Crippen LogP contribution in [0, 0.1) is 11.6 Å². The lowest BCUT2D eigenvalue weighted by Gasteiger charge is -1.95. The molecule has 2 heterocycles. The van der Waals surface area contributed by atoms with Gasteiger partial charge >= 0.3 is 6.01 Å². The lowest BCUT2D eigenvalue weighted by Crippen LogP contribution is -1.88. The number of hydrogen-bond acceptors (Lipinski definition) is 6. The van der Waals surface area contributed by atoms with E-state index in [-0.39, 0.29) is 23.5 Å². The zero-order chi connectivity index (χ0) is 15.8. The van der Waals surface area contributed by atoms with Gasteiger partial charge < -0.3 is 4.42 Å². The Kier molecular flexibility index (Phi) is 3.23. The zero-order valence-electron chi connectivity index (χ0n) is 11.5. The maximum atomic E-state index is 13.2. The number of benzene rings is 2. The van der Waals surface area contributed by atoms with E-state index in [1.165, 1.54) is 35.6 Å². The summed E-state index contributed by atoms with van der Waals surface area (Å²) in [5.74, 6) is -0.392. The molecule has 8 heteroatoms. The molecule has 1 N–H and O–H groups in total. The highest BCUT2D eigenvalue weighted by atomic mass is 32.1. The lowest BCUT2D eigenvalue weighted by molar-refractivity contribution is 0.587. The molecule has 114 valence electrons. The first-order chi connectivity index (χ1) is 11.2. The van der Waals surface area contributed by atoms with E-state index in [0.29, 0.717) is 20.9 Å². The summed E-state index contributed by atoms with van der Waals surface area (Å²) in [6.07, 6.45) is 0. The minimum absolute atomic E-state index is 0.156. The van der Waals surface area contributed by atoms with Gasteiger partial charge in [-0.2, -0.15) is 0 Å². The van der Waals surface area contributed by atoms with Crippen LogP contribution in [0.4, 0.5) is 19.9 Å². The van der Waals surface area contributed by atoms with Crippen LogP contribution < -0.4 is 5.32 Å². The molecule has 4 aromatic rings. The molecule has 2 aromatic carbocycles. The topological polar surface area (TPSA) is 63.8 Å². The molecule has 0 aliphatic rings. The second-order valence-electron chi connectivity index (χ2n) is 4.68. The number of rotatable bonds is 3. The van der Waals surface area contributed by atoms with E-state index in [1.54, 1.807) is 18.2 Å². The van der Waals surface area contributed by atoms with Crippen LogP contribution >= 0.6 is 11.3 Å². The molecular formula is C15H8F2N4OS. The van der Waals surface area contributed by atoms with Gasteiger partial charge in [-0.1, -0.05) is 16.4 Å². The summed E-state index contributed by atoms with van der Waals surface area (Å²) in [6.45, 7) is 0. The molecular weight excluding hydrogens is 322 g/mol. The Morgan fingerprint density at radius 3 is 2.57 bits per heavy atom. The summed E-state index contributed by atoms with van der Waals surface area (Å²) in [5, 5.41) is 11.2. The first kappa shape index (κ1) is 13.8. The van der Waals surface area contributed by atoms with Crippen LogP contribution in [0.1, 0.15) is 0 Å². The minimum Gasteiger partial charge on any atom is -0.403 e. The molecule has 5 nitrogen and oxygen atoms in total. The highest BCUT2D eigenvalue weighted by molar-refractivity contribution is 7.22. The van der Waals surface area contributed by atoms with Crippen molar-refractivity contribution in [2.24, 2.45) is 0 Å². The minimum atomic E-state index is -0.340. The number of aromatic nitrogens is 3. The van der Waals surface area contributed by atoms with Crippen molar-refractivity contribution in [2.75, 3.05) is 5.32 Å². The third-order valence-electron chi connectivity index (χ3n) is 3.08. The Balaban J connectivity index is 1.60. The fourth-order valence-corrected chi connectivity index (χ4v) is 2.91. The molecule has 4 rings (SSSR count). The van der Waals surface area contributed by atoms with Crippen molar-refractivity contribution in [1.29, 1.82) is 0 Å². The van der Waals surface area contributed by atoms with E-state index < -0.39 is 0 Å². The predicted molar refractivity (Wildman–Crippen MR) is 82.6 cm³/mol. The number of nitrogens with zero attached hydrogens (tertiary/aromatic N) is 3. The molecule has 0 aliphatic carbocycles. The Bertz CT molecular complexity index is 981. The monoisotopic (exact) mass is 330 g/mol. The molecule has 0 fully saturated rings. The Labute approximate surface area is 132 Å². The Morgan fingerprint density at radius 2 is 1.74 bits per heavy atom. The van der Waals surface area contributed by atoms with Crippen molar-refractivity contribution in [2.45, 2.75) is 0 Å².